The highest BCUT2D eigenvalue weighted by molar-refractivity contribution is 7.84. The second-order valence-electron chi connectivity index (χ2n) is 3.63. The lowest BCUT2D eigenvalue weighted by Gasteiger charge is -2.24. The molecule has 0 aromatic heterocycles. The van der Waals surface area contributed by atoms with Gasteiger partial charge in [0.1, 0.15) is 0 Å². The molecule has 0 saturated carbocycles. The first-order valence-corrected chi connectivity index (χ1v) is 10.2. The molecule has 0 radical (unpaired) electrons. The first-order chi connectivity index (χ1) is 9.14. The minimum absolute atomic E-state index is 0.279. The van der Waals surface area contributed by atoms with Crippen molar-refractivity contribution >= 4 is 34.5 Å². The van der Waals surface area contributed by atoms with Crippen LogP contribution in [0.1, 0.15) is 0 Å². The van der Waals surface area contributed by atoms with E-state index < -0.39 is 29.4 Å². The van der Waals surface area contributed by atoms with Crippen molar-refractivity contribution in [1.82, 2.24) is 0 Å². The van der Waals surface area contributed by atoms with Gasteiger partial charge in [-0.25, -0.2) is 0 Å². The zero-order valence-corrected chi connectivity index (χ0v) is 13.6. The molecule has 0 aliphatic rings. The molecule has 0 unspecified atom stereocenters. The van der Waals surface area contributed by atoms with Crippen LogP contribution in [0, 0.1) is 0 Å². The standard InChI is InChI=1S/C9H14O8S2Si/c1-14-18(10,11)16-20(3,17-19(12,13)15-2)9-7-5-4-6-8-9/h4-8H,1-3H3. The van der Waals surface area contributed by atoms with E-state index in [9.17, 15) is 16.8 Å². The number of rotatable bonds is 7. The van der Waals surface area contributed by atoms with Crippen molar-refractivity contribution in [2.75, 3.05) is 14.2 Å². The minimum Gasteiger partial charge on any atom is -0.257 e. The van der Waals surface area contributed by atoms with Crippen LogP contribution in [0.3, 0.4) is 0 Å². The first kappa shape index (κ1) is 17.2. The molecule has 0 fully saturated rings. The summed E-state index contributed by atoms with van der Waals surface area (Å²) >= 11 is 0. The largest absolute Gasteiger partial charge is 0.409 e. The van der Waals surface area contributed by atoms with Crippen LogP contribution in [-0.4, -0.2) is 39.6 Å². The van der Waals surface area contributed by atoms with Gasteiger partial charge in [0.25, 0.3) is 0 Å². The van der Waals surface area contributed by atoms with Crippen molar-refractivity contribution in [1.29, 1.82) is 0 Å². The molecule has 0 aliphatic heterocycles. The maximum atomic E-state index is 11.4. The Morgan fingerprint density at radius 2 is 1.25 bits per heavy atom. The van der Waals surface area contributed by atoms with Gasteiger partial charge in [-0.2, -0.15) is 16.8 Å². The van der Waals surface area contributed by atoms with Gasteiger partial charge in [-0.1, -0.05) is 30.3 Å². The molecule has 0 spiro atoms. The molecule has 0 bridgehead atoms. The number of hydrogen-bond acceptors (Lipinski definition) is 8. The summed E-state index contributed by atoms with van der Waals surface area (Å²) in [6, 6.07) is 7.83. The highest BCUT2D eigenvalue weighted by atomic mass is 32.3. The van der Waals surface area contributed by atoms with E-state index >= 15 is 0 Å². The SMILES string of the molecule is COS(=O)(=O)O[Si](C)(OS(=O)(=O)OC)c1ccccc1. The van der Waals surface area contributed by atoms with Gasteiger partial charge in [-0.3, -0.25) is 16.1 Å². The summed E-state index contributed by atoms with van der Waals surface area (Å²) in [5.74, 6) is 0. The zero-order chi connectivity index (χ0) is 15.4. The quantitative estimate of drug-likeness (QED) is 0.626. The Balaban J connectivity index is 3.27. The van der Waals surface area contributed by atoms with Crippen LogP contribution in [-0.2, 0) is 36.9 Å². The second kappa shape index (κ2) is 6.30. The van der Waals surface area contributed by atoms with Crippen LogP contribution in [0.25, 0.3) is 0 Å². The molecule has 0 aliphatic carbocycles. The summed E-state index contributed by atoms with van der Waals surface area (Å²) < 4.78 is 63.7. The van der Waals surface area contributed by atoms with Crippen molar-refractivity contribution < 1.29 is 32.9 Å². The lowest BCUT2D eigenvalue weighted by Crippen LogP contribution is -2.53. The first-order valence-electron chi connectivity index (χ1n) is 5.22. The minimum atomic E-state index is -4.39. The van der Waals surface area contributed by atoms with Crippen LogP contribution in [0.5, 0.6) is 0 Å². The van der Waals surface area contributed by atoms with Crippen molar-refractivity contribution in [3.05, 3.63) is 30.3 Å². The molecule has 11 heteroatoms. The highest BCUT2D eigenvalue weighted by Gasteiger charge is 2.44. The average molecular weight is 342 g/mol. The molecule has 0 N–H and O–H groups in total. The fourth-order valence-electron chi connectivity index (χ4n) is 1.31. The summed E-state index contributed by atoms with van der Waals surface area (Å²) in [6.07, 6.45) is 0. The molecule has 1 aromatic rings. The molecule has 114 valence electrons. The summed E-state index contributed by atoms with van der Waals surface area (Å²) in [6.45, 7) is 1.25. The Labute approximate surface area is 119 Å². The van der Waals surface area contributed by atoms with Crippen LogP contribution in [0.2, 0.25) is 6.55 Å². The van der Waals surface area contributed by atoms with Gasteiger partial charge in [0.05, 0.1) is 14.2 Å². The molecule has 1 rings (SSSR count). The number of benzene rings is 1. The zero-order valence-electron chi connectivity index (χ0n) is 11.0. The molecule has 0 heterocycles. The number of hydrogen-bond donors (Lipinski definition) is 0. The summed E-state index contributed by atoms with van der Waals surface area (Å²) in [5.41, 5.74) is 0. The van der Waals surface area contributed by atoms with Crippen molar-refractivity contribution in [3.8, 4) is 0 Å². The van der Waals surface area contributed by atoms with Crippen LogP contribution >= 0.6 is 0 Å². The van der Waals surface area contributed by atoms with Gasteiger partial charge in [-0.15, -0.1) is 0 Å². The fraction of sp³-hybridized carbons (Fsp3) is 0.333. The molecule has 8 nitrogen and oxygen atoms in total. The van der Waals surface area contributed by atoms with E-state index in [-0.39, 0.29) is 5.19 Å². The maximum Gasteiger partial charge on any atom is 0.409 e. The Hall–Kier alpha value is -0.823. The van der Waals surface area contributed by atoms with Crippen LogP contribution in [0.15, 0.2) is 30.3 Å². The second-order valence-corrected chi connectivity index (χ2v) is 9.73. The Morgan fingerprint density at radius 1 is 0.850 bits per heavy atom. The molecule has 0 saturated heterocycles. The van der Waals surface area contributed by atoms with E-state index in [1.54, 1.807) is 18.2 Å². The van der Waals surface area contributed by atoms with E-state index in [4.69, 9.17) is 7.74 Å². The van der Waals surface area contributed by atoms with Crippen molar-refractivity contribution in [2.24, 2.45) is 0 Å². The third kappa shape index (κ3) is 4.62. The van der Waals surface area contributed by atoms with E-state index in [1.807, 2.05) is 0 Å². The highest BCUT2D eigenvalue weighted by Crippen LogP contribution is 2.16. The Kier molecular flexibility index (Phi) is 5.43. The molecular weight excluding hydrogens is 328 g/mol. The van der Waals surface area contributed by atoms with Gasteiger partial charge in [-0.05, 0) is 11.7 Å². The predicted molar refractivity (Wildman–Crippen MR) is 71.7 cm³/mol. The van der Waals surface area contributed by atoms with Crippen molar-refractivity contribution in [3.63, 3.8) is 0 Å². The van der Waals surface area contributed by atoms with Gasteiger partial charge in [0.15, 0.2) is 0 Å². The van der Waals surface area contributed by atoms with Gasteiger partial charge < -0.3 is 0 Å². The fourth-order valence-corrected chi connectivity index (χ4v) is 6.90. The van der Waals surface area contributed by atoms with E-state index in [2.05, 4.69) is 8.37 Å². The molecule has 0 atom stereocenters. The van der Waals surface area contributed by atoms with Crippen molar-refractivity contribution in [2.45, 2.75) is 6.55 Å². The third-order valence-electron chi connectivity index (χ3n) is 2.23. The molecule has 20 heavy (non-hydrogen) atoms. The molecule has 1 aromatic carbocycles. The Bertz CT molecular complexity index is 604. The van der Waals surface area contributed by atoms with E-state index in [0.717, 1.165) is 14.2 Å². The molecular formula is C9H14O8S2Si. The normalized spacial score (nSPS) is 13.3. The van der Waals surface area contributed by atoms with Crippen LogP contribution in [0.4, 0.5) is 0 Å². The smallest absolute Gasteiger partial charge is 0.257 e. The topological polar surface area (TPSA) is 105 Å². The lowest BCUT2D eigenvalue weighted by atomic mass is 10.4. The predicted octanol–water partition coefficient (Wildman–Crippen LogP) is -0.219. The summed E-state index contributed by atoms with van der Waals surface area (Å²) in [5, 5.41) is 0.279. The van der Waals surface area contributed by atoms with E-state index in [1.165, 1.54) is 18.7 Å². The van der Waals surface area contributed by atoms with E-state index in [0.29, 0.717) is 0 Å². The monoisotopic (exact) mass is 342 g/mol. The summed E-state index contributed by atoms with van der Waals surface area (Å²) in [7, 11) is -10.9. The van der Waals surface area contributed by atoms with Gasteiger partial charge in [0, 0.05) is 0 Å². The van der Waals surface area contributed by atoms with Gasteiger partial charge in [0.2, 0.25) is 0 Å². The average Bonchev–Trinajstić information content (AvgIpc) is 2.38. The summed E-state index contributed by atoms with van der Waals surface area (Å²) in [4.78, 5) is 0. The molecule has 0 amide bonds. The van der Waals surface area contributed by atoms with Gasteiger partial charge >= 0.3 is 29.4 Å². The third-order valence-corrected chi connectivity index (χ3v) is 8.60. The maximum absolute atomic E-state index is 11.4. The Morgan fingerprint density at radius 3 is 1.60 bits per heavy atom. The van der Waals surface area contributed by atoms with Crippen LogP contribution < -0.4 is 5.19 Å². The lowest BCUT2D eigenvalue weighted by molar-refractivity contribution is 0.282.